The van der Waals surface area contributed by atoms with Crippen LogP contribution in [0, 0.1) is 8.99 Å². The Morgan fingerprint density at radius 2 is 1.67 bits per heavy atom. The van der Waals surface area contributed by atoms with E-state index >= 15 is 0 Å². The van der Waals surface area contributed by atoms with Crippen LogP contribution in [0.15, 0.2) is 18.2 Å². The van der Waals surface area contributed by atoms with Gasteiger partial charge < -0.3 is 0 Å². The van der Waals surface area contributed by atoms with Crippen LogP contribution in [-0.2, 0) is 9.59 Å². The number of hydrogen-bond acceptors (Lipinski definition) is 2. The Labute approximate surface area is 143 Å². The van der Waals surface area contributed by atoms with Crippen molar-refractivity contribution in [3.05, 3.63) is 26.8 Å². The van der Waals surface area contributed by atoms with Crippen LogP contribution in [0.2, 0.25) is 5.02 Å². The first-order valence-corrected chi connectivity index (χ1v) is 8.77. The van der Waals surface area contributed by atoms with Crippen LogP contribution in [0.5, 0.6) is 0 Å². The largest absolute Gasteiger partial charge is 0.274 e. The molecule has 0 unspecified atom stereocenters. The minimum atomic E-state index is -0.0687. The quantitative estimate of drug-likeness (QED) is 0.497. The molecule has 1 spiro atoms. The molecule has 3 rings (SSSR count). The molecular formula is C16H17ClINO2. The maximum atomic E-state index is 12.6. The molecule has 1 heterocycles. The van der Waals surface area contributed by atoms with Crippen LogP contribution in [0.1, 0.15) is 44.9 Å². The fourth-order valence-electron chi connectivity index (χ4n) is 3.59. The molecule has 0 aromatic heterocycles. The van der Waals surface area contributed by atoms with Gasteiger partial charge in [0.05, 0.1) is 5.69 Å². The summed E-state index contributed by atoms with van der Waals surface area (Å²) in [7, 11) is 0. The summed E-state index contributed by atoms with van der Waals surface area (Å²) in [6.45, 7) is 0. The van der Waals surface area contributed by atoms with Crippen molar-refractivity contribution >= 4 is 51.7 Å². The van der Waals surface area contributed by atoms with E-state index in [1.807, 2.05) is 0 Å². The number of amides is 2. The van der Waals surface area contributed by atoms with Crippen molar-refractivity contribution in [2.45, 2.75) is 44.9 Å². The van der Waals surface area contributed by atoms with E-state index in [1.54, 1.807) is 18.2 Å². The highest BCUT2D eigenvalue weighted by Gasteiger charge is 2.44. The van der Waals surface area contributed by atoms with Crippen LogP contribution in [0.4, 0.5) is 5.69 Å². The van der Waals surface area contributed by atoms with Gasteiger partial charge in [0.2, 0.25) is 11.8 Å². The van der Waals surface area contributed by atoms with Gasteiger partial charge in [0, 0.05) is 21.4 Å². The van der Waals surface area contributed by atoms with Crippen LogP contribution in [0.3, 0.4) is 0 Å². The topological polar surface area (TPSA) is 37.4 Å². The maximum Gasteiger partial charge on any atom is 0.234 e. The van der Waals surface area contributed by atoms with Gasteiger partial charge in [-0.2, -0.15) is 0 Å². The molecular weight excluding hydrogens is 401 g/mol. The number of nitrogens with zero attached hydrogens (tertiary/aromatic N) is 1. The van der Waals surface area contributed by atoms with E-state index in [0.29, 0.717) is 23.6 Å². The zero-order valence-electron chi connectivity index (χ0n) is 11.7. The highest BCUT2D eigenvalue weighted by atomic mass is 127. The van der Waals surface area contributed by atoms with Gasteiger partial charge in [-0.3, -0.25) is 9.59 Å². The maximum absolute atomic E-state index is 12.6. The molecule has 1 aliphatic heterocycles. The smallest absolute Gasteiger partial charge is 0.234 e. The number of benzene rings is 1. The van der Waals surface area contributed by atoms with E-state index in [0.717, 1.165) is 29.3 Å². The molecule has 2 amide bonds. The molecule has 1 saturated heterocycles. The Bertz CT molecular complexity index is 576. The highest BCUT2D eigenvalue weighted by Crippen LogP contribution is 2.46. The molecule has 0 atom stereocenters. The van der Waals surface area contributed by atoms with E-state index in [4.69, 9.17) is 11.6 Å². The third-order valence-electron chi connectivity index (χ3n) is 4.62. The van der Waals surface area contributed by atoms with Crippen molar-refractivity contribution in [3.8, 4) is 0 Å². The fraction of sp³-hybridized carbons (Fsp3) is 0.500. The predicted octanol–water partition coefficient (Wildman–Crippen LogP) is 4.55. The highest BCUT2D eigenvalue weighted by molar-refractivity contribution is 14.1. The number of halogens is 2. The minimum absolute atomic E-state index is 0.0617. The molecule has 112 valence electrons. The Kier molecular flexibility index (Phi) is 4.28. The SMILES string of the molecule is O=C1CC2(CCCCC2)CC(=O)N1c1ccc(Cl)cc1I. The van der Waals surface area contributed by atoms with E-state index in [2.05, 4.69) is 22.6 Å². The lowest BCUT2D eigenvalue weighted by molar-refractivity contribution is -0.134. The molecule has 1 saturated carbocycles. The van der Waals surface area contributed by atoms with Gasteiger partial charge in [0.25, 0.3) is 0 Å². The molecule has 0 radical (unpaired) electrons. The molecule has 0 N–H and O–H groups in total. The van der Waals surface area contributed by atoms with Gasteiger partial charge in [0.1, 0.15) is 0 Å². The summed E-state index contributed by atoms with van der Waals surface area (Å²) >= 11 is 8.08. The molecule has 21 heavy (non-hydrogen) atoms. The van der Waals surface area contributed by atoms with Gasteiger partial charge in [-0.15, -0.1) is 0 Å². The average Bonchev–Trinajstić information content (AvgIpc) is 2.41. The fourth-order valence-corrected chi connectivity index (χ4v) is 4.70. The molecule has 3 nitrogen and oxygen atoms in total. The summed E-state index contributed by atoms with van der Waals surface area (Å²) in [6, 6.07) is 5.27. The first-order valence-electron chi connectivity index (χ1n) is 7.32. The molecule has 5 heteroatoms. The van der Waals surface area contributed by atoms with Crippen LogP contribution in [-0.4, -0.2) is 11.8 Å². The van der Waals surface area contributed by atoms with Crippen LogP contribution >= 0.6 is 34.2 Å². The predicted molar refractivity (Wildman–Crippen MR) is 91.4 cm³/mol. The van der Waals surface area contributed by atoms with Gasteiger partial charge in [0.15, 0.2) is 0 Å². The van der Waals surface area contributed by atoms with Gasteiger partial charge >= 0.3 is 0 Å². The van der Waals surface area contributed by atoms with Gasteiger partial charge in [-0.1, -0.05) is 30.9 Å². The third-order valence-corrected chi connectivity index (χ3v) is 5.72. The lowest BCUT2D eigenvalue weighted by atomic mass is 9.67. The number of carbonyl (C=O) groups excluding carboxylic acids is 2. The summed E-state index contributed by atoms with van der Waals surface area (Å²) in [6.07, 6.45) is 6.52. The number of rotatable bonds is 1. The van der Waals surface area contributed by atoms with Crippen molar-refractivity contribution in [2.24, 2.45) is 5.41 Å². The number of hydrogen-bond donors (Lipinski definition) is 0. The van der Waals surface area contributed by atoms with Crippen LogP contribution in [0.25, 0.3) is 0 Å². The molecule has 2 fully saturated rings. The van der Waals surface area contributed by atoms with Crippen LogP contribution < -0.4 is 4.90 Å². The second-order valence-corrected chi connectivity index (χ2v) is 7.73. The second kappa shape index (κ2) is 5.88. The summed E-state index contributed by atoms with van der Waals surface area (Å²) in [4.78, 5) is 26.5. The molecule has 2 aliphatic rings. The minimum Gasteiger partial charge on any atom is -0.274 e. The van der Waals surface area contributed by atoms with E-state index in [-0.39, 0.29) is 17.2 Å². The molecule has 0 bridgehead atoms. The van der Waals surface area contributed by atoms with Crippen molar-refractivity contribution in [2.75, 3.05) is 4.90 Å². The number of anilines is 1. The van der Waals surface area contributed by atoms with Gasteiger partial charge in [-0.25, -0.2) is 4.90 Å². The lowest BCUT2D eigenvalue weighted by Gasteiger charge is -2.42. The third kappa shape index (κ3) is 2.97. The Morgan fingerprint density at radius 1 is 1.05 bits per heavy atom. The standard InChI is InChI=1S/C16H17ClINO2/c17-11-4-5-13(12(18)8-11)19-14(20)9-16(10-15(19)21)6-2-1-3-7-16/h4-5,8H,1-3,6-7,9-10H2. The first kappa shape index (κ1) is 15.3. The van der Waals surface area contributed by atoms with Crippen molar-refractivity contribution in [1.29, 1.82) is 0 Å². The summed E-state index contributed by atoms with van der Waals surface area (Å²) < 4.78 is 0.835. The molecule has 1 aromatic carbocycles. The van der Waals surface area contributed by atoms with Crippen molar-refractivity contribution in [1.82, 2.24) is 0 Å². The second-order valence-electron chi connectivity index (χ2n) is 6.13. The normalized spacial score (nSPS) is 21.9. The van der Waals surface area contributed by atoms with E-state index in [9.17, 15) is 9.59 Å². The number of carbonyl (C=O) groups is 2. The Balaban J connectivity index is 1.88. The molecule has 1 aromatic rings. The van der Waals surface area contributed by atoms with Crippen molar-refractivity contribution in [3.63, 3.8) is 0 Å². The molecule has 1 aliphatic carbocycles. The zero-order valence-corrected chi connectivity index (χ0v) is 14.6. The monoisotopic (exact) mass is 417 g/mol. The zero-order chi connectivity index (χ0) is 15.0. The summed E-state index contributed by atoms with van der Waals surface area (Å²) in [5, 5.41) is 0.615. The summed E-state index contributed by atoms with van der Waals surface area (Å²) in [5.41, 5.74) is 0.599. The van der Waals surface area contributed by atoms with Gasteiger partial charge in [-0.05, 0) is 59.0 Å². The van der Waals surface area contributed by atoms with E-state index in [1.165, 1.54) is 11.3 Å². The van der Waals surface area contributed by atoms with E-state index < -0.39 is 0 Å². The number of imide groups is 1. The Morgan fingerprint density at radius 3 is 2.24 bits per heavy atom. The average molecular weight is 418 g/mol. The summed E-state index contributed by atoms with van der Waals surface area (Å²) in [5.74, 6) is -0.123. The first-order chi connectivity index (χ1) is 10.0. The van der Waals surface area contributed by atoms with Crippen molar-refractivity contribution < 1.29 is 9.59 Å². The Hall–Kier alpha value is -0.620. The lowest BCUT2D eigenvalue weighted by Crippen LogP contribution is -2.49. The number of piperidine rings is 1.